The van der Waals surface area contributed by atoms with Crippen LogP contribution >= 0.6 is 11.6 Å². The van der Waals surface area contributed by atoms with Crippen LogP contribution in [0.1, 0.15) is 17.3 Å². The van der Waals surface area contributed by atoms with Gasteiger partial charge < -0.3 is 11.5 Å². The smallest absolute Gasteiger partial charge is 0.128 e. The number of nitrogens with zero attached hydrogens (tertiary/aromatic N) is 2. The lowest BCUT2D eigenvalue weighted by molar-refractivity contribution is 0.833. The summed E-state index contributed by atoms with van der Waals surface area (Å²) in [5.41, 5.74) is 14.4. The Morgan fingerprint density at radius 1 is 1.10 bits per heavy atom. The molecule has 0 saturated carbocycles. The summed E-state index contributed by atoms with van der Waals surface area (Å²) in [5, 5.41) is 1.58. The Bertz CT molecular complexity index is 773. The number of aromatic nitrogens is 2. The van der Waals surface area contributed by atoms with Gasteiger partial charge in [-0.05, 0) is 18.2 Å². The van der Waals surface area contributed by atoms with Crippen molar-refractivity contribution in [2.75, 3.05) is 5.73 Å². The number of fused-ring (bicyclic) bond motifs is 1. The molecular formula is C15H13ClN4. The summed E-state index contributed by atoms with van der Waals surface area (Å²) in [6.07, 6.45) is 1.50. The van der Waals surface area contributed by atoms with Crippen molar-refractivity contribution in [3.8, 4) is 0 Å². The van der Waals surface area contributed by atoms with Crippen LogP contribution in [0.25, 0.3) is 10.9 Å². The zero-order chi connectivity index (χ0) is 14.1. The Morgan fingerprint density at radius 3 is 2.75 bits per heavy atom. The van der Waals surface area contributed by atoms with E-state index >= 15 is 0 Å². The highest BCUT2D eigenvalue weighted by atomic mass is 35.5. The topological polar surface area (TPSA) is 77.8 Å². The van der Waals surface area contributed by atoms with Crippen LogP contribution in [0.2, 0.25) is 5.02 Å². The maximum absolute atomic E-state index is 6.24. The second-order valence-corrected chi connectivity index (χ2v) is 4.97. The lowest BCUT2D eigenvalue weighted by Crippen LogP contribution is -2.16. The molecule has 3 aromatic rings. The summed E-state index contributed by atoms with van der Waals surface area (Å²) < 4.78 is 0. The second-order valence-electron chi connectivity index (χ2n) is 4.53. The van der Waals surface area contributed by atoms with Crippen LogP contribution in [0.3, 0.4) is 0 Å². The van der Waals surface area contributed by atoms with Crippen molar-refractivity contribution in [1.29, 1.82) is 0 Å². The van der Waals surface area contributed by atoms with Crippen LogP contribution in [0, 0.1) is 0 Å². The minimum atomic E-state index is -0.453. The summed E-state index contributed by atoms with van der Waals surface area (Å²) in [7, 11) is 0. The molecule has 20 heavy (non-hydrogen) atoms. The van der Waals surface area contributed by atoms with Crippen LogP contribution in [-0.4, -0.2) is 9.97 Å². The lowest BCUT2D eigenvalue weighted by atomic mass is 10.0. The molecule has 1 unspecified atom stereocenters. The van der Waals surface area contributed by atoms with Crippen molar-refractivity contribution >= 4 is 28.3 Å². The van der Waals surface area contributed by atoms with Gasteiger partial charge in [-0.25, -0.2) is 4.98 Å². The van der Waals surface area contributed by atoms with E-state index in [-0.39, 0.29) is 0 Å². The zero-order valence-electron chi connectivity index (χ0n) is 10.6. The molecule has 0 aliphatic carbocycles. The highest BCUT2D eigenvalue weighted by Crippen LogP contribution is 2.26. The van der Waals surface area contributed by atoms with Gasteiger partial charge in [0, 0.05) is 17.1 Å². The number of hydrogen-bond donors (Lipinski definition) is 2. The average molecular weight is 285 g/mol. The number of nitrogen functional groups attached to an aromatic ring is 1. The van der Waals surface area contributed by atoms with Crippen LogP contribution in [-0.2, 0) is 0 Å². The Hall–Kier alpha value is -2.17. The first-order valence-electron chi connectivity index (χ1n) is 6.17. The number of halogens is 1. The Balaban J connectivity index is 2.07. The van der Waals surface area contributed by atoms with Crippen molar-refractivity contribution in [2.45, 2.75) is 6.04 Å². The highest BCUT2D eigenvalue weighted by molar-refractivity contribution is 6.30. The highest BCUT2D eigenvalue weighted by Gasteiger charge is 2.15. The molecule has 0 bridgehead atoms. The van der Waals surface area contributed by atoms with Crippen molar-refractivity contribution in [2.24, 2.45) is 5.73 Å². The summed E-state index contributed by atoms with van der Waals surface area (Å²) >= 11 is 5.95. The molecule has 4 nitrogen and oxygen atoms in total. The average Bonchev–Trinajstić information content (AvgIpc) is 2.48. The van der Waals surface area contributed by atoms with Gasteiger partial charge >= 0.3 is 0 Å². The number of para-hydroxylation sites is 1. The van der Waals surface area contributed by atoms with E-state index in [1.165, 1.54) is 6.20 Å². The molecule has 4 N–H and O–H groups in total. The molecule has 0 saturated heterocycles. The minimum Gasteiger partial charge on any atom is -0.383 e. The van der Waals surface area contributed by atoms with E-state index in [1.54, 1.807) is 6.07 Å². The summed E-state index contributed by atoms with van der Waals surface area (Å²) in [6, 6.07) is 13.0. The standard InChI is InChI=1S/C15H13ClN4/c16-10-7-11(15(18)19-8-10)14(17)13-6-5-9-3-1-2-4-12(9)20-13/h1-8,14H,17H2,(H2,18,19). The number of benzene rings is 1. The van der Waals surface area contributed by atoms with Crippen molar-refractivity contribution in [1.82, 2.24) is 9.97 Å². The molecule has 0 spiro atoms. The molecule has 0 aliphatic heterocycles. The quantitative estimate of drug-likeness (QED) is 0.758. The third-order valence-corrected chi connectivity index (χ3v) is 3.40. The number of pyridine rings is 2. The van der Waals surface area contributed by atoms with Gasteiger partial charge in [-0.2, -0.15) is 0 Å². The minimum absolute atomic E-state index is 0.372. The van der Waals surface area contributed by atoms with Crippen LogP contribution < -0.4 is 11.5 Å². The largest absolute Gasteiger partial charge is 0.383 e. The fourth-order valence-corrected chi connectivity index (χ4v) is 2.30. The third-order valence-electron chi connectivity index (χ3n) is 3.19. The van der Waals surface area contributed by atoms with Crippen LogP contribution in [0.4, 0.5) is 5.82 Å². The lowest BCUT2D eigenvalue weighted by Gasteiger charge is -2.14. The molecule has 1 atom stereocenters. The van der Waals surface area contributed by atoms with Crippen LogP contribution in [0.5, 0.6) is 0 Å². The van der Waals surface area contributed by atoms with E-state index in [2.05, 4.69) is 9.97 Å². The van der Waals surface area contributed by atoms with E-state index in [0.717, 1.165) is 16.6 Å². The number of anilines is 1. The van der Waals surface area contributed by atoms with E-state index in [1.807, 2.05) is 36.4 Å². The summed E-state index contributed by atoms with van der Waals surface area (Å²) in [5.74, 6) is 0.372. The van der Waals surface area contributed by atoms with Gasteiger partial charge in [-0.15, -0.1) is 0 Å². The fraction of sp³-hybridized carbons (Fsp3) is 0.0667. The maximum Gasteiger partial charge on any atom is 0.128 e. The number of nitrogens with two attached hydrogens (primary N) is 2. The van der Waals surface area contributed by atoms with Crippen molar-refractivity contribution < 1.29 is 0 Å². The van der Waals surface area contributed by atoms with Gasteiger partial charge in [-0.1, -0.05) is 35.9 Å². The first-order chi connectivity index (χ1) is 9.65. The molecule has 3 rings (SSSR count). The third kappa shape index (κ3) is 2.31. The predicted molar refractivity (Wildman–Crippen MR) is 81.4 cm³/mol. The molecule has 0 aliphatic rings. The van der Waals surface area contributed by atoms with Crippen molar-refractivity contribution in [3.05, 3.63) is 64.9 Å². The molecule has 2 aromatic heterocycles. The monoisotopic (exact) mass is 284 g/mol. The molecule has 2 heterocycles. The SMILES string of the molecule is Nc1ncc(Cl)cc1C(N)c1ccc2ccccc2n1. The van der Waals surface area contributed by atoms with E-state index in [9.17, 15) is 0 Å². The van der Waals surface area contributed by atoms with Gasteiger partial charge in [0.15, 0.2) is 0 Å². The molecule has 0 fully saturated rings. The van der Waals surface area contributed by atoms with E-state index < -0.39 is 6.04 Å². The molecule has 0 amide bonds. The van der Waals surface area contributed by atoms with E-state index in [4.69, 9.17) is 23.1 Å². The molecule has 0 radical (unpaired) electrons. The van der Waals surface area contributed by atoms with Gasteiger partial charge in [-0.3, -0.25) is 4.98 Å². The van der Waals surface area contributed by atoms with Crippen molar-refractivity contribution in [3.63, 3.8) is 0 Å². The van der Waals surface area contributed by atoms with Gasteiger partial charge in [0.05, 0.1) is 22.3 Å². The zero-order valence-corrected chi connectivity index (χ0v) is 11.4. The summed E-state index contributed by atoms with van der Waals surface area (Å²) in [4.78, 5) is 8.60. The molecule has 5 heteroatoms. The van der Waals surface area contributed by atoms with Gasteiger partial charge in [0.1, 0.15) is 5.82 Å². The maximum atomic E-state index is 6.24. The Kier molecular flexibility index (Phi) is 3.26. The predicted octanol–water partition coefficient (Wildman–Crippen LogP) is 2.91. The molecular weight excluding hydrogens is 272 g/mol. The van der Waals surface area contributed by atoms with Gasteiger partial charge in [0.25, 0.3) is 0 Å². The molecule has 100 valence electrons. The Morgan fingerprint density at radius 2 is 1.90 bits per heavy atom. The fourth-order valence-electron chi connectivity index (χ4n) is 2.13. The number of rotatable bonds is 2. The molecule has 1 aromatic carbocycles. The normalized spacial score (nSPS) is 12.5. The van der Waals surface area contributed by atoms with Gasteiger partial charge in [0.2, 0.25) is 0 Å². The Labute approximate surface area is 121 Å². The summed E-state index contributed by atoms with van der Waals surface area (Å²) in [6.45, 7) is 0. The second kappa shape index (κ2) is 5.07. The van der Waals surface area contributed by atoms with Crippen LogP contribution in [0.15, 0.2) is 48.7 Å². The first-order valence-corrected chi connectivity index (χ1v) is 6.55. The van der Waals surface area contributed by atoms with E-state index in [0.29, 0.717) is 16.4 Å². The first kappa shape index (κ1) is 12.8. The number of hydrogen-bond acceptors (Lipinski definition) is 4.